The fraction of sp³-hybridized carbons (Fsp3) is 0.200. The van der Waals surface area contributed by atoms with Gasteiger partial charge in [0.1, 0.15) is 11.5 Å². The van der Waals surface area contributed by atoms with Crippen molar-refractivity contribution >= 4 is 21.4 Å². The van der Waals surface area contributed by atoms with Gasteiger partial charge >= 0.3 is 0 Å². The molecule has 142 valence electrons. The molecule has 0 aliphatic carbocycles. The summed E-state index contributed by atoms with van der Waals surface area (Å²) in [5, 5.41) is 3.21. The van der Waals surface area contributed by atoms with Crippen LogP contribution in [-0.4, -0.2) is 15.5 Å². The Bertz CT molecular complexity index is 1010. The fourth-order valence-corrected chi connectivity index (χ4v) is 4.11. The number of rotatable bonds is 7. The summed E-state index contributed by atoms with van der Waals surface area (Å²) in [7, 11) is -2.13. The SMILES string of the molecule is COc1cc(C)c(S(=O)(=O)Nc2ccc(NCc3ccco3)cc2)cc1C. The van der Waals surface area contributed by atoms with Crippen molar-refractivity contribution in [1.82, 2.24) is 0 Å². The zero-order chi connectivity index (χ0) is 19.4. The van der Waals surface area contributed by atoms with E-state index >= 15 is 0 Å². The van der Waals surface area contributed by atoms with Gasteiger partial charge in [-0.1, -0.05) is 0 Å². The molecule has 6 nitrogen and oxygen atoms in total. The Hall–Kier alpha value is -2.93. The molecule has 0 fully saturated rings. The molecule has 3 aromatic rings. The maximum atomic E-state index is 12.8. The van der Waals surface area contributed by atoms with Gasteiger partial charge in [0.05, 0.1) is 24.8 Å². The summed E-state index contributed by atoms with van der Waals surface area (Å²) in [6.07, 6.45) is 1.62. The highest BCUT2D eigenvalue weighted by Crippen LogP contribution is 2.27. The molecule has 0 unspecified atom stereocenters. The van der Waals surface area contributed by atoms with E-state index in [9.17, 15) is 8.42 Å². The van der Waals surface area contributed by atoms with Crippen LogP contribution in [0.15, 0.2) is 64.1 Å². The number of sulfonamides is 1. The third-order valence-electron chi connectivity index (χ3n) is 4.17. The minimum Gasteiger partial charge on any atom is -0.496 e. The first-order valence-electron chi connectivity index (χ1n) is 8.43. The molecule has 1 aromatic heterocycles. The van der Waals surface area contributed by atoms with Gasteiger partial charge in [-0.05, 0) is 73.5 Å². The number of furan rings is 1. The number of benzene rings is 2. The van der Waals surface area contributed by atoms with Crippen LogP contribution in [0.3, 0.4) is 0 Å². The van der Waals surface area contributed by atoms with Crippen LogP contribution in [0, 0.1) is 13.8 Å². The van der Waals surface area contributed by atoms with Gasteiger partial charge in [0.2, 0.25) is 0 Å². The molecule has 2 aromatic carbocycles. The normalized spacial score (nSPS) is 11.2. The highest BCUT2D eigenvalue weighted by Gasteiger charge is 2.19. The second-order valence-corrected chi connectivity index (χ2v) is 7.85. The Balaban J connectivity index is 1.73. The van der Waals surface area contributed by atoms with Crippen molar-refractivity contribution in [3.63, 3.8) is 0 Å². The lowest BCUT2D eigenvalue weighted by atomic mass is 10.1. The average molecular weight is 386 g/mol. The molecule has 0 bridgehead atoms. The third kappa shape index (κ3) is 4.43. The lowest BCUT2D eigenvalue weighted by Crippen LogP contribution is -2.14. The molecule has 2 N–H and O–H groups in total. The van der Waals surface area contributed by atoms with Crippen LogP contribution in [0.4, 0.5) is 11.4 Å². The maximum Gasteiger partial charge on any atom is 0.262 e. The van der Waals surface area contributed by atoms with Crippen molar-refractivity contribution in [1.29, 1.82) is 0 Å². The molecule has 1 heterocycles. The Labute approximate surface area is 159 Å². The largest absolute Gasteiger partial charge is 0.496 e. The average Bonchev–Trinajstić information content (AvgIpc) is 3.16. The number of ether oxygens (including phenoxy) is 1. The lowest BCUT2D eigenvalue weighted by molar-refractivity contribution is 0.411. The highest BCUT2D eigenvalue weighted by molar-refractivity contribution is 7.92. The molecule has 0 aliphatic heterocycles. The number of methoxy groups -OCH3 is 1. The number of aryl methyl sites for hydroxylation is 2. The molecular weight excluding hydrogens is 364 g/mol. The van der Waals surface area contributed by atoms with Gasteiger partial charge in [0, 0.05) is 11.4 Å². The van der Waals surface area contributed by atoms with Gasteiger partial charge in [-0.15, -0.1) is 0 Å². The van der Waals surface area contributed by atoms with Gasteiger partial charge in [0.25, 0.3) is 10.0 Å². The van der Waals surface area contributed by atoms with Gasteiger partial charge in [-0.2, -0.15) is 0 Å². The van der Waals surface area contributed by atoms with E-state index in [0.717, 1.165) is 17.0 Å². The second kappa shape index (κ2) is 7.75. The summed E-state index contributed by atoms with van der Waals surface area (Å²) in [5.74, 6) is 1.49. The van der Waals surface area contributed by atoms with E-state index in [4.69, 9.17) is 9.15 Å². The van der Waals surface area contributed by atoms with Crippen molar-refractivity contribution < 1.29 is 17.6 Å². The van der Waals surface area contributed by atoms with Gasteiger partial charge in [-0.25, -0.2) is 8.42 Å². The molecule has 0 saturated carbocycles. The molecular formula is C20H22N2O4S. The van der Waals surface area contributed by atoms with E-state index in [0.29, 0.717) is 23.5 Å². The summed E-state index contributed by atoms with van der Waals surface area (Å²) in [6, 6.07) is 14.1. The number of nitrogens with one attached hydrogen (secondary N) is 2. The van der Waals surface area contributed by atoms with Crippen LogP contribution in [-0.2, 0) is 16.6 Å². The molecule has 0 aliphatic rings. The minimum absolute atomic E-state index is 0.237. The summed E-state index contributed by atoms with van der Waals surface area (Å²) < 4.78 is 38.7. The summed E-state index contributed by atoms with van der Waals surface area (Å²) >= 11 is 0. The first-order chi connectivity index (χ1) is 12.9. The van der Waals surface area contributed by atoms with Gasteiger partial charge in [0.15, 0.2) is 0 Å². The molecule has 0 saturated heterocycles. The summed E-state index contributed by atoms with van der Waals surface area (Å²) in [4.78, 5) is 0.237. The van der Waals surface area contributed by atoms with Crippen molar-refractivity contribution in [3.8, 4) is 5.75 Å². The fourth-order valence-electron chi connectivity index (χ4n) is 2.74. The Morgan fingerprint density at radius 1 is 1.00 bits per heavy atom. The van der Waals surface area contributed by atoms with Crippen LogP contribution in [0.1, 0.15) is 16.9 Å². The van der Waals surface area contributed by atoms with Crippen LogP contribution < -0.4 is 14.8 Å². The highest BCUT2D eigenvalue weighted by atomic mass is 32.2. The molecule has 3 rings (SSSR count). The summed E-state index contributed by atoms with van der Waals surface area (Å²) in [5.41, 5.74) is 2.75. The third-order valence-corrected chi connectivity index (χ3v) is 5.69. The standard InChI is InChI=1S/C20H22N2O4S/c1-14-12-20(15(2)11-19(14)25-3)27(23,24)22-17-8-6-16(7-9-17)21-13-18-5-4-10-26-18/h4-12,21-22H,13H2,1-3H3. The quantitative estimate of drug-likeness (QED) is 0.632. The molecule has 27 heavy (non-hydrogen) atoms. The van der Waals surface area contributed by atoms with E-state index in [1.165, 1.54) is 0 Å². The Morgan fingerprint density at radius 2 is 1.70 bits per heavy atom. The number of hydrogen-bond acceptors (Lipinski definition) is 5. The zero-order valence-corrected chi connectivity index (χ0v) is 16.3. The zero-order valence-electron chi connectivity index (χ0n) is 15.4. The first kappa shape index (κ1) is 18.8. The van der Waals surface area contributed by atoms with Crippen LogP contribution in [0.25, 0.3) is 0 Å². The summed E-state index contributed by atoms with van der Waals surface area (Å²) in [6.45, 7) is 4.12. The number of hydrogen-bond donors (Lipinski definition) is 2. The van der Waals surface area contributed by atoms with Crippen molar-refractivity contribution in [2.24, 2.45) is 0 Å². The van der Waals surface area contributed by atoms with Crippen LogP contribution in [0.5, 0.6) is 5.75 Å². The van der Waals surface area contributed by atoms with E-state index in [1.54, 1.807) is 44.6 Å². The maximum absolute atomic E-state index is 12.8. The smallest absolute Gasteiger partial charge is 0.262 e. The topological polar surface area (TPSA) is 80.6 Å². The van der Waals surface area contributed by atoms with E-state index in [-0.39, 0.29) is 4.90 Å². The first-order valence-corrected chi connectivity index (χ1v) is 9.92. The van der Waals surface area contributed by atoms with Gasteiger partial charge in [-0.3, -0.25) is 4.72 Å². The Morgan fingerprint density at radius 3 is 2.33 bits per heavy atom. The lowest BCUT2D eigenvalue weighted by Gasteiger charge is -2.14. The molecule has 7 heteroatoms. The van der Waals surface area contributed by atoms with E-state index in [2.05, 4.69) is 10.0 Å². The van der Waals surface area contributed by atoms with Crippen molar-refractivity contribution in [2.45, 2.75) is 25.3 Å². The van der Waals surface area contributed by atoms with Gasteiger partial charge < -0.3 is 14.5 Å². The van der Waals surface area contributed by atoms with Crippen LogP contribution in [0.2, 0.25) is 0 Å². The molecule has 0 amide bonds. The van der Waals surface area contributed by atoms with E-state index < -0.39 is 10.0 Å². The molecule has 0 atom stereocenters. The van der Waals surface area contributed by atoms with Crippen molar-refractivity contribution in [2.75, 3.05) is 17.1 Å². The second-order valence-electron chi connectivity index (χ2n) is 6.20. The number of anilines is 2. The van der Waals surface area contributed by atoms with Crippen molar-refractivity contribution in [3.05, 3.63) is 71.7 Å². The monoisotopic (exact) mass is 386 g/mol. The molecule has 0 radical (unpaired) electrons. The predicted molar refractivity (Wildman–Crippen MR) is 106 cm³/mol. The predicted octanol–water partition coefficient (Wildman–Crippen LogP) is 4.32. The van der Waals surface area contributed by atoms with E-state index in [1.807, 2.05) is 31.2 Å². The Kier molecular flexibility index (Phi) is 5.41. The minimum atomic E-state index is -3.69. The van der Waals surface area contributed by atoms with Crippen LogP contribution >= 0.6 is 0 Å². The molecule has 0 spiro atoms.